The number of methoxy groups -OCH3 is 1. The van der Waals surface area contributed by atoms with Gasteiger partial charge in [-0.05, 0) is 27.7 Å². The van der Waals surface area contributed by atoms with E-state index in [0.717, 1.165) is 0 Å². The Morgan fingerprint density at radius 2 is 0.667 bits per heavy atom. The summed E-state index contributed by atoms with van der Waals surface area (Å²) in [4.78, 5) is 28.5. The Morgan fingerprint density at radius 1 is 0.611 bits per heavy atom. The first-order chi connectivity index (χ1) is 5.73. The number of Topliss-reactive ketones (excluding diaryl/α,β-unsaturated/α-hetero) is 2. The summed E-state index contributed by atoms with van der Waals surface area (Å²) in [5.41, 5.74) is 0. The van der Waals surface area contributed by atoms with E-state index in [4.69, 9.17) is 0 Å². The van der Waals surface area contributed by atoms with Crippen molar-refractivity contribution in [3.8, 4) is 0 Å². The van der Waals surface area contributed by atoms with Crippen molar-refractivity contribution in [2.45, 2.75) is 71.8 Å². The standard InChI is InChI=1S/C3H6O2.2C3H6O.5CH4/c1-3(4)5-2;2*1-3(2)4;;;;;/h1-2H3;2*1-2H3;5*1H4. The molecule has 0 aliphatic carbocycles. The van der Waals surface area contributed by atoms with Gasteiger partial charge < -0.3 is 14.3 Å². The molecule has 0 atom stereocenters. The van der Waals surface area contributed by atoms with E-state index in [1.165, 1.54) is 41.7 Å². The van der Waals surface area contributed by atoms with Gasteiger partial charge in [-0.3, -0.25) is 4.79 Å². The van der Waals surface area contributed by atoms with Crippen LogP contribution in [0.4, 0.5) is 0 Å². The van der Waals surface area contributed by atoms with Crippen LogP contribution in [0.5, 0.6) is 0 Å². The number of hydrogen-bond donors (Lipinski definition) is 0. The van der Waals surface area contributed by atoms with Gasteiger partial charge in [-0.15, -0.1) is 0 Å². The summed E-state index contributed by atoms with van der Waals surface area (Å²) in [5, 5.41) is 0. The Labute approximate surface area is 116 Å². The van der Waals surface area contributed by atoms with Crippen LogP contribution < -0.4 is 0 Å². The lowest BCUT2D eigenvalue weighted by atomic mass is 10.6. The van der Waals surface area contributed by atoms with Crippen molar-refractivity contribution >= 4 is 17.5 Å². The monoisotopic (exact) mass is 270 g/mol. The minimum absolute atomic E-state index is 0. The molecule has 0 aromatic rings. The fourth-order valence-corrected chi connectivity index (χ4v) is 0. The number of ether oxygens (including phenoxy) is 1. The summed E-state index contributed by atoms with van der Waals surface area (Å²) in [6.45, 7) is 7.47. The first-order valence-corrected chi connectivity index (χ1v) is 3.72. The molecule has 0 radical (unpaired) electrons. The van der Waals surface area contributed by atoms with Crippen LogP contribution in [-0.4, -0.2) is 24.6 Å². The van der Waals surface area contributed by atoms with Gasteiger partial charge in [0, 0.05) is 6.92 Å². The van der Waals surface area contributed by atoms with Gasteiger partial charge in [-0.2, -0.15) is 0 Å². The Balaban J connectivity index is -0.0000000123. The molecule has 0 spiro atoms. The maximum absolute atomic E-state index is 9.59. The lowest BCUT2D eigenvalue weighted by molar-refractivity contribution is -0.138. The molecule has 0 aromatic heterocycles. The van der Waals surface area contributed by atoms with E-state index in [-0.39, 0.29) is 54.7 Å². The quantitative estimate of drug-likeness (QED) is 0.606. The smallest absolute Gasteiger partial charge is 0.302 e. The predicted molar refractivity (Wildman–Crippen MR) is 84.1 cm³/mol. The molecular weight excluding hydrogens is 232 g/mol. The van der Waals surface area contributed by atoms with E-state index >= 15 is 0 Å². The second-order valence-corrected chi connectivity index (χ2v) is 2.51. The van der Waals surface area contributed by atoms with Gasteiger partial charge >= 0.3 is 5.97 Å². The highest BCUT2D eigenvalue weighted by Crippen LogP contribution is 1.60. The van der Waals surface area contributed by atoms with Crippen molar-refractivity contribution in [3.05, 3.63) is 0 Å². The largest absolute Gasteiger partial charge is 0.469 e. The second kappa shape index (κ2) is 44.7. The minimum atomic E-state index is -0.245. The van der Waals surface area contributed by atoms with Crippen molar-refractivity contribution in [2.24, 2.45) is 0 Å². The maximum atomic E-state index is 9.59. The number of hydrogen-bond acceptors (Lipinski definition) is 4. The molecule has 0 bridgehead atoms. The zero-order valence-electron chi connectivity index (χ0n) is 9.13. The van der Waals surface area contributed by atoms with Gasteiger partial charge in [0.1, 0.15) is 11.6 Å². The average Bonchev–Trinajstić information content (AvgIpc) is 1.84. The highest BCUT2D eigenvalue weighted by molar-refractivity contribution is 5.72. The molecule has 118 valence electrons. The highest BCUT2D eigenvalue weighted by atomic mass is 16.5. The van der Waals surface area contributed by atoms with E-state index in [0.29, 0.717) is 0 Å². The number of carbonyl (C=O) groups excluding carboxylic acids is 3. The first-order valence-electron chi connectivity index (χ1n) is 3.72. The molecule has 18 heavy (non-hydrogen) atoms. The predicted octanol–water partition coefficient (Wildman–Crippen LogP) is 4.55. The lowest BCUT2D eigenvalue weighted by Crippen LogP contribution is -1.88. The van der Waals surface area contributed by atoms with Crippen LogP contribution in [0, 0.1) is 0 Å². The summed E-state index contributed by atoms with van der Waals surface area (Å²) in [5.74, 6) is 0.0880. The summed E-state index contributed by atoms with van der Waals surface area (Å²) < 4.78 is 4.11. The number of esters is 1. The Morgan fingerprint density at radius 3 is 0.667 bits per heavy atom. The lowest BCUT2D eigenvalue weighted by Gasteiger charge is -1.80. The Kier molecular flexibility index (Phi) is 134. The highest BCUT2D eigenvalue weighted by Gasteiger charge is 1.75. The van der Waals surface area contributed by atoms with E-state index in [9.17, 15) is 14.4 Å². The normalized spacial score (nSPS) is 4.78. The topological polar surface area (TPSA) is 60.4 Å². The van der Waals surface area contributed by atoms with Gasteiger partial charge in [0.05, 0.1) is 7.11 Å². The number of rotatable bonds is 0. The third-order valence-electron chi connectivity index (χ3n) is 0.287. The number of ketones is 2. The summed E-state index contributed by atoms with van der Waals surface area (Å²) >= 11 is 0. The molecule has 4 heteroatoms. The third kappa shape index (κ3) is 4300. The van der Waals surface area contributed by atoms with Crippen molar-refractivity contribution < 1.29 is 19.1 Å². The van der Waals surface area contributed by atoms with Gasteiger partial charge in [-0.1, -0.05) is 37.1 Å². The molecular formula is C14H38O4. The van der Waals surface area contributed by atoms with Crippen LogP contribution in [-0.2, 0) is 19.1 Å². The van der Waals surface area contributed by atoms with Crippen molar-refractivity contribution in [2.75, 3.05) is 7.11 Å². The zero-order valence-corrected chi connectivity index (χ0v) is 9.13. The summed E-state index contributed by atoms with van der Waals surface area (Å²) in [6, 6.07) is 0. The molecule has 0 fully saturated rings. The van der Waals surface area contributed by atoms with Crippen molar-refractivity contribution in [1.82, 2.24) is 0 Å². The summed E-state index contributed by atoms with van der Waals surface area (Å²) in [7, 11) is 1.35. The first kappa shape index (κ1) is 54.1. The average molecular weight is 270 g/mol. The van der Waals surface area contributed by atoms with Crippen LogP contribution in [0.25, 0.3) is 0 Å². The van der Waals surface area contributed by atoms with Crippen molar-refractivity contribution in [1.29, 1.82) is 0 Å². The van der Waals surface area contributed by atoms with Crippen LogP contribution in [0.15, 0.2) is 0 Å². The molecule has 0 saturated carbocycles. The van der Waals surface area contributed by atoms with Crippen LogP contribution in [0.1, 0.15) is 71.8 Å². The Hall–Kier alpha value is -1.19. The van der Waals surface area contributed by atoms with Gasteiger partial charge in [-0.25, -0.2) is 0 Å². The molecule has 0 unspecified atom stereocenters. The Bertz CT molecular complexity index is 143. The summed E-state index contributed by atoms with van der Waals surface area (Å²) in [6.07, 6.45) is 0. The van der Waals surface area contributed by atoms with E-state index in [1.807, 2.05) is 0 Å². The fourth-order valence-electron chi connectivity index (χ4n) is 0. The molecule has 0 N–H and O–H groups in total. The van der Waals surface area contributed by atoms with Crippen LogP contribution in [0.2, 0.25) is 0 Å². The van der Waals surface area contributed by atoms with E-state index < -0.39 is 0 Å². The second-order valence-electron chi connectivity index (χ2n) is 2.51. The molecule has 0 aliphatic heterocycles. The molecule has 0 amide bonds. The van der Waals surface area contributed by atoms with Gasteiger partial charge in [0.2, 0.25) is 0 Å². The molecule has 0 aromatic carbocycles. The SMILES string of the molecule is C.C.C.C.C.CC(C)=O.CC(C)=O.COC(C)=O. The molecule has 0 heterocycles. The van der Waals surface area contributed by atoms with Crippen LogP contribution in [0.3, 0.4) is 0 Å². The van der Waals surface area contributed by atoms with Crippen LogP contribution >= 0.6 is 0 Å². The minimum Gasteiger partial charge on any atom is -0.469 e. The maximum Gasteiger partial charge on any atom is 0.302 e. The fraction of sp³-hybridized carbons (Fsp3) is 0.786. The molecule has 0 aliphatic rings. The van der Waals surface area contributed by atoms with E-state index in [1.54, 1.807) is 0 Å². The van der Waals surface area contributed by atoms with Gasteiger partial charge in [0.25, 0.3) is 0 Å². The van der Waals surface area contributed by atoms with Gasteiger partial charge in [0.15, 0.2) is 0 Å². The third-order valence-corrected chi connectivity index (χ3v) is 0.287. The molecule has 4 nitrogen and oxygen atoms in total. The number of carbonyl (C=O) groups is 3. The molecule has 0 rings (SSSR count). The zero-order chi connectivity index (χ0) is 11.4. The molecule has 0 saturated heterocycles. The van der Waals surface area contributed by atoms with E-state index in [2.05, 4.69) is 4.74 Å². The van der Waals surface area contributed by atoms with Crippen molar-refractivity contribution in [3.63, 3.8) is 0 Å².